The van der Waals surface area contributed by atoms with Crippen LogP contribution in [-0.4, -0.2) is 18.5 Å². The summed E-state index contributed by atoms with van der Waals surface area (Å²) in [5, 5.41) is 3.11. The zero-order valence-corrected chi connectivity index (χ0v) is 14.2. The summed E-state index contributed by atoms with van der Waals surface area (Å²) >= 11 is 0. The summed E-state index contributed by atoms with van der Waals surface area (Å²) in [7, 11) is 0. The molecule has 1 fully saturated rings. The van der Waals surface area contributed by atoms with Gasteiger partial charge in [-0.2, -0.15) is 0 Å². The molecule has 0 aromatic heterocycles. The number of carbonyl (C=O) groups excluding carboxylic acids is 1. The normalized spacial score (nSPS) is 18.4. The maximum absolute atomic E-state index is 12.8. The van der Waals surface area contributed by atoms with Gasteiger partial charge in [-0.3, -0.25) is 4.79 Å². The number of benzene rings is 1. The third-order valence-corrected chi connectivity index (χ3v) is 4.91. The van der Waals surface area contributed by atoms with Crippen molar-refractivity contribution in [3.05, 3.63) is 35.4 Å². The van der Waals surface area contributed by atoms with Crippen LogP contribution < -0.4 is 11.1 Å². The highest BCUT2D eigenvalue weighted by atomic mass is 16.2. The van der Waals surface area contributed by atoms with Crippen molar-refractivity contribution in [1.29, 1.82) is 0 Å². The Morgan fingerprint density at radius 1 is 1.18 bits per heavy atom. The van der Waals surface area contributed by atoms with E-state index in [2.05, 4.69) is 43.4 Å². The largest absolute Gasteiger partial charge is 0.355 e. The molecule has 2 rings (SSSR count). The van der Waals surface area contributed by atoms with E-state index in [4.69, 9.17) is 5.73 Å². The van der Waals surface area contributed by atoms with Crippen LogP contribution in [-0.2, 0) is 10.2 Å². The second-order valence-corrected chi connectivity index (χ2v) is 7.09. The summed E-state index contributed by atoms with van der Waals surface area (Å²) < 4.78 is 0. The first-order valence-corrected chi connectivity index (χ1v) is 8.60. The van der Waals surface area contributed by atoms with E-state index < -0.39 is 0 Å². The molecule has 0 heterocycles. The molecule has 0 aliphatic heterocycles. The Bertz CT molecular complexity index is 485. The third-order valence-electron chi connectivity index (χ3n) is 4.91. The molecule has 0 spiro atoms. The SMILES string of the molecule is CC(N)CCNC(=O)C1(c2ccc(C(C)C)cc2)CCCC1. The molecule has 1 aliphatic carbocycles. The predicted octanol–water partition coefficient (Wildman–Crippen LogP) is 3.48. The molecule has 22 heavy (non-hydrogen) atoms. The predicted molar refractivity (Wildman–Crippen MR) is 92.0 cm³/mol. The van der Waals surface area contributed by atoms with Crippen LogP contribution >= 0.6 is 0 Å². The molecule has 0 radical (unpaired) electrons. The van der Waals surface area contributed by atoms with Gasteiger partial charge in [-0.1, -0.05) is 51.0 Å². The summed E-state index contributed by atoms with van der Waals surface area (Å²) in [6.07, 6.45) is 5.00. The molecular formula is C19H30N2O. The summed E-state index contributed by atoms with van der Waals surface area (Å²) in [5.41, 5.74) is 7.95. The van der Waals surface area contributed by atoms with Gasteiger partial charge in [0, 0.05) is 12.6 Å². The van der Waals surface area contributed by atoms with Crippen molar-refractivity contribution in [3.8, 4) is 0 Å². The van der Waals surface area contributed by atoms with Crippen LogP contribution in [0.1, 0.15) is 69.9 Å². The minimum atomic E-state index is -0.326. The van der Waals surface area contributed by atoms with E-state index >= 15 is 0 Å². The molecule has 1 amide bonds. The average molecular weight is 302 g/mol. The fourth-order valence-corrected chi connectivity index (χ4v) is 3.40. The Morgan fingerprint density at radius 2 is 1.77 bits per heavy atom. The second kappa shape index (κ2) is 7.28. The van der Waals surface area contributed by atoms with Gasteiger partial charge < -0.3 is 11.1 Å². The lowest BCUT2D eigenvalue weighted by Gasteiger charge is -2.29. The van der Waals surface area contributed by atoms with E-state index in [0.29, 0.717) is 12.5 Å². The van der Waals surface area contributed by atoms with E-state index in [-0.39, 0.29) is 17.4 Å². The van der Waals surface area contributed by atoms with E-state index in [1.54, 1.807) is 0 Å². The average Bonchev–Trinajstić information content (AvgIpc) is 2.97. The quantitative estimate of drug-likeness (QED) is 0.845. The number of hydrogen-bond acceptors (Lipinski definition) is 2. The van der Waals surface area contributed by atoms with Crippen LogP contribution in [0.5, 0.6) is 0 Å². The molecule has 1 unspecified atom stereocenters. The van der Waals surface area contributed by atoms with Crippen LogP contribution in [0.4, 0.5) is 0 Å². The number of carbonyl (C=O) groups is 1. The minimum Gasteiger partial charge on any atom is -0.355 e. The monoisotopic (exact) mass is 302 g/mol. The fourth-order valence-electron chi connectivity index (χ4n) is 3.40. The number of rotatable bonds is 6. The van der Waals surface area contributed by atoms with Gasteiger partial charge in [0.15, 0.2) is 0 Å². The van der Waals surface area contributed by atoms with E-state index in [1.807, 2.05) is 6.92 Å². The molecule has 3 heteroatoms. The lowest BCUT2D eigenvalue weighted by Crippen LogP contribution is -2.43. The lowest BCUT2D eigenvalue weighted by atomic mass is 9.77. The number of amides is 1. The summed E-state index contributed by atoms with van der Waals surface area (Å²) in [4.78, 5) is 12.8. The van der Waals surface area contributed by atoms with Crippen LogP contribution in [0.25, 0.3) is 0 Å². The van der Waals surface area contributed by atoms with Crippen molar-refractivity contribution in [2.75, 3.05) is 6.54 Å². The molecule has 0 bridgehead atoms. The van der Waals surface area contributed by atoms with Crippen molar-refractivity contribution in [2.24, 2.45) is 5.73 Å². The number of nitrogens with one attached hydrogen (secondary N) is 1. The lowest BCUT2D eigenvalue weighted by molar-refractivity contribution is -0.126. The molecule has 0 saturated heterocycles. The van der Waals surface area contributed by atoms with Gasteiger partial charge >= 0.3 is 0 Å². The minimum absolute atomic E-state index is 0.130. The molecule has 1 atom stereocenters. The highest BCUT2D eigenvalue weighted by molar-refractivity contribution is 5.88. The van der Waals surface area contributed by atoms with Crippen molar-refractivity contribution in [1.82, 2.24) is 5.32 Å². The van der Waals surface area contributed by atoms with Crippen LogP contribution in [0.3, 0.4) is 0 Å². The number of hydrogen-bond donors (Lipinski definition) is 2. The van der Waals surface area contributed by atoms with Crippen molar-refractivity contribution >= 4 is 5.91 Å². The first-order valence-electron chi connectivity index (χ1n) is 8.60. The van der Waals surface area contributed by atoms with Crippen molar-refractivity contribution in [3.63, 3.8) is 0 Å². The van der Waals surface area contributed by atoms with E-state index in [0.717, 1.165) is 32.1 Å². The van der Waals surface area contributed by atoms with Crippen molar-refractivity contribution < 1.29 is 4.79 Å². The first kappa shape index (κ1) is 17.0. The Hall–Kier alpha value is -1.35. The van der Waals surface area contributed by atoms with Crippen LogP contribution in [0, 0.1) is 0 Å². The highest BCUT2D eigenvalue weighted by Crippen LogP contribution is 2.41. The van der Waals surface area contributed by atoms with Gasteiger partial charge in [0.1, 0.15) is 0 Å². The zero-order chi connectivity index (χ0) is 16.2. The Labute approximate surface area is 134 Å². The Balaban J connectivity index is 2.15. The molecular weight excluding hydrogens is 272 g/mol. The molecule has 1 aromatic carbocycles. The molecule has 1 saturated carbocycles. The fraction of sp³-hybridized carbons (Fsp3) is 0.632. The summed E-state index contributed by atoms with van der Waals surface area (Å²) in [6, 6.07) is 8.80. The molecule has 1 aromatic rings. The first-order chi connectivity index (χ1) is 10.5. The Kier molecular flexibility index (Phi) is 5.63. The third kappa shape index (κ3) is 3.70. The Morgan fingerprint density at radius 3 is 2.27 bits per heavy atom. The zero-order valence-electron chi connectivity index (χ0n) is 14.2. The smallest absolute Gasteiger partial charge is 0.230 e. The second-order valence-electron chi connectivity index (χ2n) is 7.09. The van der Waals surface area contributed by atoms with Gasteiger partial charge in [0.2, 0.25) is 5.91 Å². The molecule has 1 aliphatic rings. The molecule has 3 N–H and O–H groups in total. The van der Waals surface area contributed by atoms with E-state index in [1.165, 1.54) is 11.1 Å². The standard InChI is InChI=1S/C19H30N2O/c1-14(2)16-6-8-17(9-7-16)19(11-4-5-12-19)18(22)21-13-10-15(3)20/h6-9,14-15H,4-5,10-13,20H2,1-3H3,(H,21,22). The molecule has 122 valence electrons. The highest BCUT2D eigenvalue weighted by Gasteiger charge is 2.42. The topological polar surface area (TPSA) is 55.1 Å². The van der Waals surface area contributed by atoms with Crippen LogP contribution in [0.15, 0.2) is 24.3 Å². The summed E-state index contributed by atoms with van der Waals surface area (Å²) in [6.45, 7) is 7.03. The van der Waals surface area contributed by atoms with Gasteiger partial charge in [0.05, 0.1) is 5.41 Å². The van der Waals surface area contributed by atoms with Gasteiger partial charge in [0.25, 0.3) is 0 Å². The summed E-state index contributed by atoms with van der Waals surface area (Å²) in [5.74, 6) is 0.705. The van der Waals surface area contributed by atoms with Gasteiger partial charge in [-0.15, -0.1) is 0 Å². The van der Waals surface area contributed by atoms with Gasteiger partial charge in [-0.25, -0.2) is 0 Å². The van der Waals surface area contributed by atoms with E-state index in [9.17, 15) is 4.79 Å². The molecule has 3 nitrogen and oxygen atoms in total. The van der Waals surface area contributed by atoms with Crippen molar-refractivity contribution in [2.45, 2.75) is 70.3 Å². The number of nitrogens with two attached hydrogens (primary N) is 1. The maximum Gasteiger partial charge on any atom is 0.230 e. The maximum atomic E-state index is 12.8. The van der Waals surface area contributed by atoms with Gasteiger partial charge in [-0.05, 0) is 43.2 Å². The van der Waals surface area contributed by atoms with Crippen LogP contribution in [0.2, 0.25) is 0 Å².